The van der Waals surface area contributed by atoms with Gasteiger partial charge in [-0.2, -0.15) is 0 Å². The number of imidazole rings is 1. The Balaban J connectivity index is 2.13. The van der Waals surface area contributed by atoms with Crippen LogP contribution in [0.5, 0.6) is 0 Å². The van der Waals surface area contributed by atoms with Gasteiger partial charge < -0.3 is 9.67 Å². The third kappa shape index (κ3) is 4.13. The first-order valence-electron chi connectivity index (χ1n) is 10.2. The minimum atomic E-state index is -3.44. The van der Waals surface area contributed by atoms with Crippen molar-refractivity contribution in [3.63, 3.8) is 0 Å². The van der Waals surface area contributed by atoms with Crippen LogP contribution >= 0.6 is 0 Å². The number of fused-ring (bicyclic) bond motifs is 1. The smallest absolute Gasteiger partial charge is 0.183 e. The summed E-state index contributed by atoms with van der Waals surface area (Å²) in [6.07, 6.45) is 4.47. The predicted octanol–water partition coefficient (Wildman–Crippen LogP) is 4.50. The Bertz CT molecular complexity index is 970. The van der Waals surface area contributed by atoms with Crippen molar-refractivity contribution >= 4 is 20.9 Å². The molecule has 0 aliphatic heterocycles. The topological polar surface area (TPSA) is 72.2 Å². The fourth-order valence-corrected chi connectivity index (χ4v) is 5.17. The Kier molecular flexibility index (Phi) is 5.20. The molecule has 0 amide bonds. The van der Waals surface area contributed by atoms with E-state index in [0.29, 0.717) is 17.0 Å². The van der Waals surface area contributed by atoms with Gasteiger partial charge in [-0.3, -0.25) is 0 Å². The first kappa shape index (κ1) is 21.3. The van der Waals surface area contributed by atoms with Crippen molar-refractivity contribution in [3.05, 3.63) is 24.0 Å². The van der Waals surface area contributed by atoms with Gasteiger partial charge in [-0.25, -0.2) is 13.4 Å². The molecule has 28 heavy (non-hydrogen) atoms. The van der Waals surface area contributed by atoms with Crippen LogP contribution in [0.15, 0.2) is 23.1 Å². The average Bonchev–Trinajstić information content (AvgIpc) is 3.09. The van der Waals surface area contributed by atoms with E-state index >= 15 is 0 Å². The molecule has 1 aromatic carbocycles. The van der Waals surface area contributed by atoms with E-state index in [9.17, 15) is 13.5 Å². The molecule has 3 rings (SSSR count). The van der Waals surface area contributed by atoms with Gasteiger partial charge in [0.15, 0.2) is 9.84 Å². The van der Waals surface area contributed by atoms with E-state index < -0.39 is 20.2 Å². The van der Waals surface area contributed by atoms with Gasteiger partial charge in [0.25, 0.3) is 0 Å². The first-order valence-corrected chi connectivity index (χ1v) is 11.7. The van der Waals surface area contributed by atoms with Gasteiger partial charge in [-0.15, -0.1) is 0 Å². The molecule has 0 spiro atoms. The molecule has 1 aliphatic carbocycles. The van der Waals surface area contributed by atoms with E-state index in [1.807, 2.05) is 6.07 Å². The van der Waals surface area contributed by atoms with Gasteiger partial charge in [-0.05, 0) is 57.2 Å². The monoisotopic (exact) mass is 406 g/mol. The van der Waals surface area contributed by atoms with Gasteiger partial charge in [0.05, 0.1) is 32.8 Å². The van der Waals surface area contributed by atoms with Crippen LogP contribution in [-0.2, 0) is 22.8 Å². The van der Waals surface area contributed by atoms with Crippen LogP contribution in [0.2, 0.25) is 0 Å². The Morgan fingerprint density at radius 1 is 1.11 bits per heavy atom. The summed E-state index contributed by atoms with van der Waals surface area (Å²) in [5, 5.41) is 11.0. The maximum absolute atomic E-state index is 12.9. The quantitative estimate of drug-likeness (QED) is 0.811. The van der Waals surface area contributed by atoms with Crippen molar-refractivity contribution in [2.45, 2.75) is 95.4 Å². The maximum Gasteiger partial charge on any atom is 0.183 e. The minimum Gasteiger partial charge on any atom is -0.388 e. The number of benzene rings is 1. The second-order valence-corrected chi connectivity index (χ2v) is 13.3. The molecule has 156 valence electrons. The van der Waals surface area contributed by atoms with E-state index in [0.717, 1.165) is 43.4 Å². The molecule has 1 heterocycles. The van der Waals surface area contributed by atoms with Gasteiger partial charge >= 0.3 is 0 Å². The fraction of sp³-hybridized carbons (Fsp3) is 0.682. The Morgan fingerprint density at radius 3 is 2.25 bits per heavy atom. The molecule has 0 saturated heterocycles. The van der Waals surface area contributed by atoms with Crippen LogP contribution in [0, 0.1) is 5.41 Å². The molecule has 1 N–H and O–H groups in total. The summed E-state index contributed by atoms with van der Waals surface area (Å²) in [5.74, 6) is 0.910. The van der Waals surface area contributed by atoms with Crippen LogP contribution in [0.4, 0.5) is 0 Å². The SMILES string of the molecule is CC(C)(C)Cc1nc2cc(S(=O)(=O)C(C)(C)C)ccc2n1CC1(O)CCCC1. The summed E-state index contributed by atoms with van der Waals surface area (Å²) >= 11 is 0. The molecule has 6 heteroatoms. The molecule has 0 atom stereocenters. The molecule has 1 aliphatic rings. The zero-order chi connectivity index (χ0) is 21.0. The number of nitrogens with zero attached hydrogens (tertiary/aromatic N) is 2. The zero-order valence-electron chi connectivity index (χ0n) is 18.0. The van der Waals surface area contributed by atoms with Crippen molar-refractivity contribution in [2.75, 3.05) is 0 Å². The van der Waals surface area contributed by atoms with Crippen molar-refractivity contribution in [3.8, 4) is 0 Å². The molecule has 1 fully saturated rings. The van der Waals surface area contributed by atoms with E-state index in [-0.39, 0.29) is 5.41 Å². The Morgan fingerprint density at radius 2 is 1.71 bits per heavy atom. The zero-order valence-corrected chi connectivity index (χ0v) is 18.9. The predicted molar refractivity (Wildman–Crippen MR) is 113 cm³/mol. The number of sulfone groups is 1. The molecule has 0 unspecified atom stereocenters. The highest BCUT2D eigenvalue weighted by molar-refractivity contribution is 7.92. The van der Waals surface area contributed by atoms with E-state index in [4.69, 9.17) is 4.98 Å². The lowest BCUT2D eigenvalue weighted by Gasteiger charge is -2.26. The van der Waals surface area contributed by atoms with Crippen LogP contribution in [0.3, 0.4) is 0 Å². The Labute approximate surface area is 169 Å². The summed E-state index contributed by atoms with van der Waals surface area (Å²) < 4.78 is 27.0. The summed E-state index contributed by atoms with van der Waals surface area (Å²) in [6, 6.07) is 5.23. The molecular formula is C22H34N2O3S. The van der Waals surface area contributed by atoms with Gasteiger partial charge in [0, 0.05) is 6.42 Å². The lowest BCUT2D eigenvalue weighted by Crippen LogP contribution is -2.31. The van der Waals surface area contributed by atoms with Gasteiger partial charge in [0.2, 0.25) is 0 Å². The summed E-state index contributed by atoms with van der Waals surface area (Å²) in [4.78, 5) is 5.12. The van der Waals surface area contributed by atoms with Crippen LogP contribution in [-0.4, -0.2) is 33.4 Å². The van der Waals surface area contributed by atoms with Crippen LogP contribution < -0.4 is 0 Å². The van der Waals surface area contributed by atoms with Crippen molar-refractivity contribution in [2.24, 2.45) is 5.41 Å². The first-order chi connectivity index (χ1) is 12.7. The Hall–Kier alpha value is -1.40. The molecule has 0 bridgehead atoms. The van der Waals surface area contributed by atoms with E-state index in [1.165, 1.54) is 0 Å². The number of aliphatic hydroxyl groups is 1. The summed E-state index contributed by atoms with van der Waals surface area (Å²) in [5.41, 5.74) is 0.923. The lowest BCUT2D eigenvalue weighted by molar-refractivity contribution is 0.0299. The summed E-state index contributed by atoms with van der Waals surface area (Å²) in [6.45, 7) is 12.1. The lowest BCUT2D eigenvalue weighted by atomic mass is 9.91. The maximum atomic E-state index is 12.9. The fourth-order valence-electron chi connectivity index (χ4n) is 3.95. The molecule has 2 aromatic rings. The van der Waals surface area contributed by atoms with Crippen molar-refractivity contribution in [1.82, 2.24) is 9.55 Å². The van der Waals surface area contributed by atoms with Crippen LogP contribution in [0.25, 0.3) is 11.0 Å². The minimum absolute atomic E-state index is 0.0394. The largest absolute Gasteiger partial charge is 0.388 e. The average molecular weight is 407 g/mol. The molecule has 1 aromatic heterocycles. The summed E-state index contributed by atoms with van der Waals surface area (Å²) in [7, 11) is -3.44. The third-order valence-corrected chi connectivity index (χ3v) is 8.08. The van der Waals surface area contributed by atoms with E-state index in [1.54, 1.807) is 32.9 Å². The highest BCUT2D eigenvalue weighted by Gasteiger charge is 2.34. The molecule has 1 saturated carbocycles. The van der Waals surface area contributed by atoms with Crippen molar-refractivity contribution in [1.29, 1.82) is 0 Å². The number of rotatable bonds is 4. The second-order valence-electron chi connectivity index (χ2n) is 10.5. The number of aromatic nitrogens is 2. The second kappa shape index (κ2) is 6.84. The van der Waals surface area contributed by atoms with Gasteiger partial charge in [-0.1, -0.05) is 33.6 Å². The van der Waals surface area contributed by atoms with Crippen LogP contribution in [0.1, 0.15) is 73.1 Å². The third-order valence-electron chi connectivity index (χ3n) is 5.59. The standard InChI is InChI=1S/C22H34N2O3S/c1-20(2,3)14-19-23-17-13-16(28(26,27)21(4,5)6)9-10-18(17)24(19)15-22(25)11-7-8-12-22/h9-10,13,25H,7-8,11-12,14-15H2,1-6H3. The highest BCUT2D eigenvalue weighted by atomic mass is 32.2. The molecular weight excluding hydrogens is 372 g/mol. The number of hydrogen-bond donors (Lipinski definition) is 1. The highest BCUT2D eigenvalue weighted by Crippen LogP contribution is 2.34. The molecule has 5 nitrogen and oxygen atoms in total. The van der Waals surface area contributed by atoms with Gasteiger partial charge in [0.1, 0.15) is 5.82 Å². The van der Waals surface area contributed by atoms with Crippen molar-refractivity contribution < 1.29 is 13.5 Å². The molecule has 0 radical (unpaired) electrons. The normalized spacial score (nSPS) is 18.1. The van der Waals surface area contributed by atoms with E-state index in [2.05, 4.69) is 25.3 Å². The number of hydrogen-bond acceptors (Lipinski definition) is 4.